The molecule has 1 fully saturated rings. The van der Waals surface area contributed by atoms with E-state index in [1.807, 2.05) is 19.9 Å². The summed E-state index contributed by atoms with van der Waals surface area (Å²) in [7, 11) is 0. The van der Waals surface area contributed by atoms with E-state index >= 15 is 0 Å². The highest BCUT2D eigenvalue weighted by molar-refractivity contribution is 5.93. The molecule has 1 atom stereocenters. The van der Waals surface area contributed by atoms with Gasteiger partial charge in [0.2, 0.25) is 0 Å². The summed E-state index contributed by atoms with van der Waals surface area (Å²) in [5.74, 6) is -0.0397. The number of morpholine rings is 1. The molecule has 1 unspecified atom stereocenters. The Morgan fingerprint density at radius 2 is 2.37 bits per heavy atom. The zero-order valence-corrected chi connectivity index (χ0v) is 11.3. The minimum Gasteiger partial charge on any atom is -0.394 e. The van der Waals surface area contributed by atoms with Gasteiger partial charge in [-0.2, -0.15) is 0 Å². The molecule has 6 heteroatoms. The molecule has 0 saturated carbocycles. The van der Waals surface area contributed by atoms with Gasteiger partial charge in [0.25, 0.3) is 0 Å². The molecule has 0 aliphatic carbocycles. The molecule has 6 nitrogen and oxygen atoms in total. The first kappa shape index (κ1) is 13.8. The van der Waals surface area contributed by atoms with Crippen molar-refractivity contribution >= 4 is 11.5 Å². The highest BCUT2D eigenvalue weighted by Crippen LogP contribution is 2.25. The molecule has 0 amide bonds. The number of nitrogens with one attached hydrogen (secondary N) is 1. The van der Waals surface area contributed by atoms with Crippen LogP contribution in [0.4, 0.5) is 5.69 Å². The molecular weight excluding hydrogens is 244 g/mol. The number of ether oxygens (including phenoxy) is 1. The lowest BCUT2D eigenvalue weighted by molar-refractivity contribution is -0.101. The van der Waals surface area contributed by atoms with E-state index in [9.17, 15) is 5.11 Å². The van der Waals surface area contributed by atoms with Crippen molar-refractivity contribution in [1.29, 1.82) is 5.41 Å². The van der Waals surface area contributed by atoms with Crippen LogP contribution in [-0.2, 0) is 4.74 Å². The first-order valence-electron chi connectivity index (χ1n) is 6.25. The minimum absolute atomic E-state index is 0.00110. The second-order valence-electron chi connectivity index (χ2n) is 5.38. The molecule has 0 bridgehead atoms. The summed E-state index contributed by atoms with van der Waals surface area (Å²) in [6.45, 7) is 5.35. The van der Waals surface area contributed by atoms with Crippen molar-refractivity contribution in [3.05, 3.63) is 24.0 Å². The zero-order chi connectivity index (χ0) is 14.0. The van der Waals surface area contributed by atoms with E-state index in [2.05, 4.69) is 9.88 Å². The van der Waals surface area contributed by atoms with Crippen molar-refractivity contribution in [1.82, 2.24) is 4.98 Å². The van der Waals surface area contributed by atoms with Crippen molar-refractivity contribution in [2.45, 2.75) is 25.6 Å². The number of pyridine rings is 1. The monoisotopic (exact) mass is 264 g/mol. The van der Waals surface area contributed by atoms with Crippen LogP contribution in [-0.4, -0.2) is 47.3 Å². The van der Waals surface area contributed by atoms with Gasteiger partial charge in [0.05, 0.1) is 30.2 Å². The highest BCUT2D eigenvalue weighted by Gasteiger charge is 2.33. The van der Waals surface area contributed by atoms with Crippen LogP contribution >= 0.6 is 0 Å². The molecule has 0 radical (unpaired) electrons. The zero-order valence-electron chi connectivity index (χ0n) is 11.3. The molecule has 1 aromatic heterocycles. The Labute approximate surface area is 112 Å². The first-order chi connectivity index (χ1) is 8.91. The summed E-state index contributed by atoms with van der Waals surface area (Å²) in [5, 5.41) is 16.6. The number of rotatable bonds is 3. The lowest BCUT2D eigenvalue weighted by Gasteiger charge is -2.43. The van der Waals surface area contributed by atoms with Crippen LogP contribution in [0.15, 0.2) is 18.3 Å². The second kappa shape index (κ2) is 5.14. The van der Waals surface area contributed by atoms with Crippen LogP contribution in [0, 0.1) is 5.41 Å². The lowest BCUT2D eigenvalue weighted by Crippen LogP contribution is -2.54. The summed E-state index contributed by atoms with van der Waals surface area (Å²) >= 11 is 0. The third-order valence-electron chi connectivity index (χ3n) is 3.07. The van der Waals surface area contributed by atoms with E-state index in [4.69, 9.17) is 15.9 Å². The van der Waals surface area contributed by atoms with Gasteiger partial charge in [-0.05, 0) is 26.0 Å². The van der Waals surface area contributed by atoms with Gasteiger partial charge in [0.1, 0.15) is 11.5 Å². The SMILES string of the molecule is CC1(C)CN(c2ccc(C(=N)N)nc2)CC(CO)O1. The fourth-order valence-corrected chi connectivity index (χ4v) is 2.32. The van der Waals surface area contributed by atoms with E-state index < -0.39 is 0 Å². The number of nitrogen functional groups attached to an aromatic ring is 1. The molecule has 1 aliphatic rings. The Kier molecular flexibility index (Phi) is 3.73. The summed E-state index contributed by atoms with van der Waals surface area (Å²) in [4.78, 5) is 6.28. The van der Waals surface area contributed by atoms with Crippen LogP contribution in [0.5, 0.6) is 0 Å². The fraction of sp³-hybridized carbons (Fsp3) is 0.538. The number of anilines is 1. The Balaban J connectivity index is 2.18. The van der Waals surface area contributed by atoms with Crippen LogP contribution in [0.25, 0.3) is 0 Å². The molecule has 19 heavy (non-hydrogen) atoms. The predicted molar refractivity (Wildman–Crippen MR) is 73.5 cm³/mol. The van der Waals surface area contributed by atoms with Crippen molar-refractivity contribution < 1.29 is 9.84 Å². The van der Waals surface area contributed by atoms with Gasteiger partial charge < -0.3 is 20.5 Å². The summed E-state index contributed by atoms with van der Waals surface area (Å²) in [6.07, 6.45) is 1.50. The maximum atomic E-state index is 9.29. The maximum Gasteiger partial charge on any atom is 0.141 e. The molecule has 1 aliphatic heterocycles. The molecular formula is C13H20N4O2. The van der Waals surface area contributed by atoms with E-state index in [0.717, 1.165) is 12.2 Å². The predicted octanol–water partition coefficient (Wildman–Crippen LogP) is 0.342. The molecule has 0 spiro atoms. The van der Waals surface area contributed by atoms with Crippen molar-refractivity contribution in [2.75, 3.05) is 24.6 Å². The number of hydrogen-bond acceptors (Lipinski definition) is 5. The third kappa shape index (κ3) is 3.21. The number of hydrogen-bond donors (Lipinski definition) is 3. The number of aliphatic hydroxyl groups excluding tert-OH is 1. The molecule has 2 heterocycles. The molecule has 104 valence electrons. The number of aliphatic hydroxyl groups is 1. The van der Waals surface area contributed by atoms with E-state index in [1.165, 1.54) is 0 Å². The Morgan fingerprint density at radius 3 is 2.89 bits per heavy atom. The fourth-order valence-electron chi connectivity index (χ4n) is 2.32. The minimum atomic E-state index is -0.315. The highest BCUT2D eigenvalue weighted by atomic mass is 16.5. The van der Waals surface area contributed by atoms with Gasteiger partial charge in [0, 0.05) is 13.1 Å². The quantitative estimate of drug-likeness (QED) is 0.540. The average Bonchev–Trinajstić information content (AvgIpc) is 2.37. The average molecular weight is 264 g/mol. The van der Waals surface area contributed by atoms with Crippen LogP contribution in [0.2, 0.25) is 0 Å². The van der Waals surface area contributed by atoms with Crippen molar-refractivity contribution in [3.8, 4) is 0 Å². The molecule has 2 rings (SSSR count). The van der Waals surface area contributed by atoms with Gasteiger partial charge in [-0.15, -0.1) is 0 Å². The number of nitrogens with two attached hydrogens (primary N) is 1. The van der Waals surface area contributed by atoms with Crippen molar-refractivity contribution in [3.63, 3.8) is 0 Å². The smallest absolute Gasteiger partial charge is 0.141 e. The normalized spacial score (nSPS) is 22.3. The topological polar surface area (TPSA) is 95.5 Å². The number of amidine groups is 1. The van der Waals surface area contributed by atoms with Gasteiger partial charge >= 0.3 is 0 Å². The maximum absolute atomic E-state index is 9.29. The Bertz CT molecular complexity index is 458. The van der Waals surface area contributed by atoms with Gasteiger partial charge in [-0.25, -0.2) is 0 Å². The van der Waals surface area contributed by atoms with E-state index in [0.29, 0.717) is 12.2 Å². The molecule has 1 aromatic rings. The molecule has 0 aromatic carbocycles. The third-order valence-corrected chi connectivity index (χ3v) is 3.07. The van der Waals surface area contributed by atoms with Crippen LogP contribution < -0.4 is 10.6 Å². The first-order valence-corrected chi connectivity index (χ1v) is 6.25. The van der Waals surface area contributed by atoms with Crippen molar-refractivity contribution in [2.24, 2.45) is 5.73 Å². The largest absolute Gasteiger partial charge is 0.394 e. The Hall–Kier alpha value is -1.66. The van der Waals surface area contributed by atoms with Gasteiger partial charge in [0.15, 0.2) is 0 Å². The second-order valence-corrected chi connectivity index (χ2v) is 5.38. The lowest BCUT2D eigenvalue weighted by atomic mass is 10.0. The molecule has 4 N–H and O–H groups in total. The summed E-state index contributed by atoms with van der Waals surface area (Å²) < 4.78 is 5.77. The van der Waals surface area contributed by atoms with Gasteiger partial charge in [-0.1, -0.05) is 0 Å². The standard InChI is InChI=1S/C13H20N4O2/c1-13(2)8-17(6-10(7-18)19-13)9-3-4-11(12(14)15)16-5-9/h3-5,10,18H,6-8H2,1-2H3,(H3,14,15). The number of nitrogens with zero attached hydrogens (tertiary/aromatic N) is 2. The van der Waals surface area contributed by atoms with Crippen LogP contribution in [0.3, 0.4) is 0 Å². The number of aromatic nitrogens is 1. The van der Waals surface area contributed by atoms with Crippen LogP contribution in [0.1, 0.15) is 19.5 Å². The van der Waals surface area contributed by atoms with Gasteiger partial charge in [-0.3, -0.25) is 10.4 Å². The van der Waals surface area contributed by atoms with E-state index in [-0.39, 0.29) is 24.1 Å². The summed E-state index contributed by atoms with van der Waals surface area (Å²) in [5.41, 5.74) is 6.48. The Morgan fingerprint density at radius 1 is 1.63 bits per heavy atom. The summed E-state index contributed by atoms with van der Waals surface area (Å²) in [6, 6.07) is 3.62. The molecule has 1 saturated heterocycles. The van der Waals surface area contributed by atoms with E-state index in [1.54, 1.807) is 12.3 Å².